The molecule has 6 heteroatoms. The van der Waals surface area contributed by atoms with Crippen LogP contribution in [0.3, 0.4) is 0 Å². The lowest BCUT2D eigenvalue weighted by atomic mass is 10.1. The summed E-state index contributed by atoms with van der Waals surface area (Å²) in [7, 11) is 0. The van der Waals surface area contributed by atoms with E-state index in [1.165, 1.54) is 38.5 Å². The molecule has 0 N–H and O–H groups in total. The maximum Gasteiger partial charge on any atom is 0.306 e. The van der Waals surface area contributed by atoms with Gasteiger partial charge in [0.1, 0.15) is 13.2 Å². The van der Waals surface area contributed by atoms with Gasteiger partial charge in [-0.2, -0.15) is 0 Å². The predicted octanol–water partition coefficient (Wildman–Crippen LogP) is 21.3. The molecule has 0 aromatic rings. The average Bonchev–Trinajstić information content (AvgIpc) is 3.43. The summed E-state index contributed by atoms with van der Waals surface area (Å²) >= 11 is 0. The monoisotopic (exact) mass is 1060 g/mol. The fourth-order valence-corrected chi connectivity index (χ4v) is 7.95. The normalized spacial score (nSPS) is 13.2. The highest BCUT2D eigenvalue weighted by atomic mass is 16.6. The number of allylic oxidation sites excluding steroid dienone is 26. The molecular formula is C71H112O6. The first-order chi connectivity index (χ1) is 38.0. The molecule has 0 rings (SSSR count). The second kappa shape index (κ2) is 63.6. The van der Waals surface area contributed by atoms with Gasteiger partial charge in [-0.15, -0.1) is 0 Å². The molecule has 0 bridgehead atoms. The van der Waals surface area contributed by atoms with Crippen LogP contribution in [0.15, 0.2) is 158 Å². The van der Waals surface area contributed by atoms with Crippen molar-refractivity contribution in [2.75, 3.05) is 13.2 Å². The van der Waals surface area contributed by atoms with Gasteiger partial charge in [0.15, 0.2) is 6.10 Å². The minimum absolute atomic E-state index is 0.0963. The molecule has 1 unspecified atom stereocenters. The fraction of sp³-hybridized carbons (Fsp3) is 0.592. The fourth-order valence-electron chi connectivity index (χ4n) is 7.95. The molecule has 0 fully saturated rings. The van der Waals surface area contributed by atoms with Gasteiger partial charge in [0.2, 0.25) is 0 Å². The molecule has 0 heterocycles. The molecule has 0 saturated carbocycles. The Bertz CT molecular complexity index is 1740. The Balaban J connectivity index is 4.29. The van der Waals surface area contributed by atoms with E-state index >= 15 is 0 Å². The number of hydrogen-bond acceptors (Lipinski definition) is 6. The van der Waals surface area contributed by atoms with Crippen molar-refractivity contribution in [3.05, 3.63) is 158 Å². The van der Waals surface area contributed by atoms with Crippen molar-refractivity contribution in [2.24, 2.45) is 0 Å². The third-order valence-electron chi connectivity index (χ3n) is 12.5. The molecule has 6 nitrogen and oxygen atoms in total. The standard InChI is InChI=1S/C71H112O6/c1-4-7-10-13-16-18-20-22-24-26-28-30-32-34-35-37-38-40-42-44-46-48-50-52-55-58-61-64-70(73)76-67-68(66-75-69(72)63-60-57-54-15-12-9-6-3)77-71(74)65-62-59-56-53-51-49-47-45-43-41-39-36-33-31-29-27-25-23-21-19-17-14-11-8-5-2/h7-8,10-11,16-19,22-25,28-31,34-36,38-40,43-46,68H,4-6,9,12-15,20-21,26-27,32-33,37,41-42,47-67H2,1-3H3/b10-7-,11-8-,18-16-,19-17-,24-22-,25-23-,30-28-,31-29-,35-34-,39-36-,40-38-,45-43-,46-44-. The SMILES string of the molecule is CC/C=C\C/C=C\C/C=C\C/C=C\C/C=C\C/C=C\C/C=C\CCCCCCCC(=O)OCC(COC(=O)CCCCCCCCC)OC(=O)CCCCCCCC/C=C\C/C=C\C/C=C\C/C=C\C/C=C\C/C=C\CC. The highest BCUT2D eigenvalue weighted by Gasteiger charge is 2.19. The van der Waals surface area contributed by atoms with Crippen LogP contribution in [0, 0.1) is 0 Å². The molecule has 432 valence electrons. The molecule has 77 heavy (non-hydrogen) atoms. The smallest absolute Gasteiger partial charge is 0.306 e. The summed E-state index contributed by atoms with van der Waals surface area (Å²) < 4.78 is 16.8. The zero-order chi connectivity index (χ0) is 55.7. The average molecular weight is 1060 g/mol. The van der Waals surface area contributed by atoms with Crippen LogP contribution < -0.4 is 0 Å². The van der Waals surface area contributed by atoms with Crippen molar-refractivity contribution >= 4 is 17.9 Å². The Kier molecular flexibility index (Phi) is 59.5. The van der Waals surface area contributed by atoms with E-state index in [9.17, 15) is 14.4 Å². The van der Waals surface area contributed by atoms with Gasteiger partial charge in [0, 0.05) is 19.3 Å². The molecule has 1 atom stereocenters. The summed E-state index contributed by atoms with van der Waals surface area (Å²) in [6, 6.07) is 0. The molecule has 0 amide bonds. The molecular weight excluding hydrogens is 949 g/mol. The second-order valence-corrected chi connectivity index (χ2v) is 19.9. The zero-order valence-corrected chi connectivity index (χ0v) is 49.4. The van der Waals surface area contributed by atoms with Crippen molar-refractivity contribution in [3.8, 4) is 0 Å². The quantitative estimate of drug-likeness (QED) is 0.0261. The number of esters is 3. The maximum atomic E-state index is 12.9. The van der Waals surface area contributed by atoms with Crippen LogP contribution in [0.5, 0.6) is 0 Å². The van der Waals surface area contributed by atoms with Gasteiger partial charge < -0.3 is 14.2 Å². The predicted molar refractivity (Wildman–Crippen MR) is 334 cm³/mol. The van der Waals surface area contributed by atoms with Gasteiger partial charge in [-0.1, -0.05) is 262 Å². The van der Waals surface area contributed by atoms with Crippen LogP contribution in [-0.2, 0) is 28.6 Å². The summed E-state index contributed by atoms with van der Waals surface area (Å²) in [5, 5.41) is 0. The third kappa shape index (κ3) is 61.8. The molecule has 0 aliphatic heterocycles. The summed E-state index contributed by atoms with van der Waals surface area (Å²) in [4.78, 5) is 38.1. The number of rotatable bonds is 54. The molecule has 0 spiro atoms. The van der Waals surface area contributed by atoms with Crippen LogP contribution in [0.1, 0.15) is 252 Å². The number of unbranched alkanes of at least 4 members (excludes halogenated alkanes) is 17. The van der Waals surface area contributed by atoms with E-state index in [4.69, 9.17) is 14.2 Å². The lowest BCUT2D eigenvalue weighted by Gasteiger charge is -2.18. The first-order valence-electron chi connectivity index (χ1n) is 31.0. The van der Waals surface area contributed by atoms with Gasteiger partial charge >= 0.3 is 17.9 Å². The lowest BCUT2D eigenvalue weighted by Crippen LogP contribution is -2.30. The molecule has 0 aliphatic rings. The molecule has 0 aliphatic carbocycles. The van der Waals surface area contributed by atoms with Crippen molar-refractivity contribution in [1.82, 2.24) is 0 Å². The second-order valence-electron chi connectivity index (χ2n) is 19.9. The molecule has 0 radical (unpaired) electrons. The summed E-state index contributed by atoms with van der Waals surface area (Å²) in [5.41, 5.74) is 0. The molecule has 0 aromatic heterocycles. The first kappa shape index (κ1) is 72.0. The van der Waals surface area contributed by atoms with E-state index in [0.29, 0.717) is 19.3 Å². The summed E-state index contributed by atoms with van der Waals surface area (Å²) in [6.45, 7) is 6.33. The van der Waals surface area contributed by atoms with Crippen LogP contribution in [-0.4, -0.2) is 37.2 Å². The summed E-state index contributed by atoms with van der Waals surface area (Å²) in [5.74, 6) is -0.943. The Hall–Kier alpha value is -4.97. The number of hydrogen-bond donors (Lipinski definition) is 0. The van der Waals surface area contributed by atoms with Gasteiger partial charge in [0.25, 0.3) is 0 Å². The Labute approximate surface area is 473 Å². The van der Waals surface area contributed by atoms with Crippen molar-refractivity contribution in [1.29, 1.82) is 0 Å². The number of ether oxygens (including phenoxy) is 3. The van der Waals surface area contributed by atoms with Crippen LogP contribution in [0.25, 0.3) is 0 Å². The van der Waals surface area contributed by atoms with Crippen molar-refractivity contribution in [2.45, 2.75) is 258 Å². The van der Waals surface area contributed by atoms with Gasteiger partial charge in [-0.25, -0.2) is 0 Å². The van der Waals surface area contributed by atoms with E-state index in [-0.39, 0.29) is 31.1 Å². The van der Waals surface area contributed by atoms with Gasteiger partial charge in [-0.05, 0) is 128 Å². The topological polar surface area (TPSA) is 78.9 Å². The molecule has 0 aromatic carbocycles. The maximum absolute atomic E-state index is 12.9. The largest absolute Gasteiger partial charge is 0.462 e. The van der Waals surface area contributed by atoms with E-state index < -0.39 is 6.10 Å². The Morgan fingerprint density at radius 1 is 0.273 bits per heavy atom. The number of carbonyl (C=O) groups excluding carboxylic acids is 3. The highest BCUT2D eigenvalue weighted by Crippen LogP contribution is 2.14. The van der Waals surface area contributed by atoms with E-state index in [1.807, 2.05) is 0 Å². The van der Waals surface area contributed by atoms with Crippen molar-refractivity contribution in [3.63, 3.8) is 0 Å². The van der Waals surface area contributed by atoms with Crippen LogP contribution >= 0.6 is 0 Å². The minimum Gasteiger partial charge on any atom is -0.462 e. The van der Waals surface area contributed by atoms with Crippen molar-refractivity contribution < 1.29 is 28.6 Å². The van der Waals surface area contributed by atoms with Gasteiger partial charge in [-0.3, -0.25) is 14.4 Å². The number of carbonyl (C=O) groups is 3. The summed E-state index contributed by atoms with van der Waals surface area (Å²) in [6.07, 6.45) is 92.6. The minimum atomic E-state index is -0.800. The van der Waals surface area contributed by atoms with Crippen LogP contribution in [0.4, 0.5) is 0 Å². The Morgan fingerprint density at radius 2 is 0.506 bits per heavy atom. The van der Waals surface area contributed by atoms with Gasteiger partial charge in [0.05, 0.1) is 0 Å². The highest BCUT2D eigenvalue weighted by molar-refractivity contribution is 5.71. The molecule has 0 saturated heterocycles. The van der Waals surface area contributed by atoms with E-state index in [2.05, 4.69) is 179 Å². The first-order valence-corrected chi connectivity index (χ1v) is 31.0. The van der Waals surface area contributed by atoms with E-state index in [1.54, 1.807) is 0 Å². The Morgan fingerprint density at radius 3 is 0.792 bits per heavy atom. The lowest BCUT2D eigenvalue weighted by molar-refractivity contribution is -0.167. The zero-order valence-electron chi connectivity index (χ0n) is 49.4. The third-order valence-corrected chi connectivity index (χ3v) is 12.5. The van der Waals surface area contributed by atoms with E-state index in [0.717, 1.165) is 173 Å². The van der Waals surface area contributed by atoms with Crippen LogP contribution in [0.2, 0.25) is 0 Å².